The molecule has 186 valence electrons. The molecule has 12 heteroatoms. The van der Waals surface area contributed by atoms with E-state index in [1.165, 1.54) is 39.9 Å². The zero-order valence-electron chi connectivity index (χ0n) is 19.1. The molecule has 1 unspecified atom stereocenters. The number of aromatic nitrogens is 1. The SMILES string of the molecule is CCOC(=O)Cn1c(=NC(=O)C2CCCN2S(=O)(=O)c2ccc(Cl)cc2)sc2cc(OC)ccc21. The highest BCUT2D eigenvalue weighted by molar-refractivity contribution is 7.89. The zero-order chi connectivity index (χ0) is 25.2. The molecule has 1 amide bonds. The Kier molecular flexibility index (Phi) is 7.60. The summed E-state index contributed by atoms with van der Waals surface area (Å²) in [5.41, 5.74) is 0.687. The van der Waals surface area contributed by atoms with Crippen LogP contribution in [0.1, 0.15) is 19.8 Å². The molecule has 3 aromatic rings. The number of esters is 1. The number of thiazole rings is 1. The summed E-state index contributed by atoms with van der Waals surface area (Å²) in [4.78, 5) is 30.2. The number of rotatable bonds is 7. The first-order valence-corrected chi connectivity index (χ1v) is 13.6. The molecule has 1 aromatic heterocycles. The lowest BCUT2D eigenvalue weighted by atomic mass is 10.2. The molecule has 0 N–H and O–H groups in total. The number of benzene rings is 2. The van der Waals surface area contributed by atoms with Crippen LogP contribution in [0, 0.1) is 0 Å². The van der Waals surface area contributed by atoms with Gasteiger partial charge < -0.3 is 14.0 Å². The van der Waals surface area contributed by atoms with E-state index in [0.717, 1.165) is 4.70 Å². The molecule has 0 radical (unpaired) electrons. The summed E-state index contributed by atoms with van der Waals surface area (Å²) in [5.74, 6) is -0.433. The maximum atomic E-state index is 13.3. The number of hydrogen-bond acceptors (Lipinski definition) is 7. The Bertz CT molecular complexity index is 1430. The Morgan fingerprint density at radius 2 is 1.94 bits per heavy atom. The van der Waals surface area contributed by atoms with Crippen LogP contribution in [0.15, 0.2) is 52.4 Å². The van der Waals surface area contributed by atoms with Crippen molar-refractivity contribution < 1.29 is 27.5 Å². The zero-order valence-corrected chi connectivity index (χ0v) is 21.5. The molecule has 0 spiro atoms. The predicted molar refractivity (Wildman–Crippen MR) is 132 cm³/mol. The van der Waals surface area contributed by atoms with Crippen LogP contribution in [-0.2, 0) is 30.9 Å². The van der Waals surface area contributed by atoms with E-state index in [9.17, 15) is 18.0 Å². The van der Waals surface area contributed by atoms with Gasteiger partial charge in [-0.15, -0.1) is 0 Å². The van der Waals surface area contributed by atoms with Crippen LogP contribution in [0.2, 0.25) is 5.02 Å². The fraction of sp³-hybridized carbons (Fsp3) is 0.348. The minimum atomic E-state index is -3.91. The second kappa shape index (κ2) is 10.5. The Balaban J connectivity index is 1.73. The summed E-state index contributed by atoms with van der Waals surface area (Å²) in [6, 6.07) is 10.2. The molecule has 0 saturated carbocycles. The van der Waals surface area contributed by atoms with E-state index in [4.69, 9.17) is 21.1 Å². The average Bonchev–Trinajstić information content (AvgIpc) is 3.45. The number of fused-ring (bicyclic) bond motifs is 1. The number of halogens is 1. The summed E-state index contributed by atoms with van der Waals surface area (Å²) in [6.45, 7) is 2.01. The van der Waals surface area contributed by atoms with Crippen molar-refractivity contribution in [2.45, 2.75) is 37.2 Å². The lowest BCUT2D eigenvalue weighted by molar-refractivity contribution is -0.143. The van der Waals surface area contributed by atoms with E-state index in [2.05, 4.69) is 4.99 Å². The van der Waals surface area contributed by atoms with E-state index in [1.54, 1.807) is 36.8 Å². The lowest BCUT2D eigenvalue weighted by Gasteiger charge is -2.21. The molecule has 2 aromatic carbocycles. The molecule has 4 rings (SSSR count). The normalized spacial score (nSPS) is 17.1. The van der Waals surface area contributed by atoms with Gasteiger partial charge in [0, 0.05) is 11.6 Å². The number of nitrogens with zero attached hydrogens (tertiary/aromatic N) is 3. The highest BCUT2D eigenvalue weighted by Gasteiger charge is 2.39. The minimum absolute atomic E-state index is 0.0629. The number of amides is 1. The number of carbonyl (C=O) groups excluding carboxylic acids is 2. The van der Waals surface area contributed by atoms with Crippen LogP contribution in [-0.4, -0.2) is 55.5 Å². The summed E-state index contributed by atoms with van der Waals surface area (Å²) in [5, 5.41) is 0.417. The molecular weight excluding hydrogens is 514 g/mol. The lowest BCUT2D eigenvalue weighted by Crippen LogP contribution is -2.40. The first-order valence-electron chi connectivity index (χ1n) is 10.9. The monoisotopic (exact) mass is 537 g/mol. The smallest absolute Gasteiger partial charge is 0.326 e. The third kappa shape index (κ3) is 5.27. The van der Waals surface area contributed by atoms with Crippen molar-refractivity contribution in [2.75, 3.05) is 20.3 Å². The van der Waals surface area contributed by atoms with Crippen molar-refractivity contribution in [3.05, 3.63) is 52.3 Å². The minimum Gasteiger partial charge on any atom is -0.497 e. The molecule has 9 nitrogen and oxygen atoms in total. The molecule has 2 heterocycles. The van der Waals surface area contributed by atoms with Crippen LogP contribution in [0.3, 0.4) is 0 Å². The van der Waals surface area contributed by atoms with Crippen LogP contribution in [0.5, 0.6) is 5.75 Å². The highest BCUT2D eigenvalue weighted by Crippen LogP contribution is 2.28. The van der Waals surface area contributed by atoms with Crippen molar-refractivity contribution in [1.29, 1.82) is 0 Å². The van der Waals surface area contributed by atoms with Gasteiger partial charge in [0.15, 0.2) is 4.80 Å². The van der Waals surface area contributed by atoms with E-state index in [-0.39, 0.29) is 29.4 Å². The Hall–Kier alpha value is -2.73. The number of methoxy groups -OCH3 is 1. The maximum absolute atomic E-state index is 13.3. The Morgan fingerprint density at radius 1 is 1.20 bits per heavy atom. The first-order chi connectivity index (χ1) is 16.7. The fourth-order valence-corrected chi connectivity index (χ4v) is 6.78. The molecule has 35 heavy (non-hydrogen) atoms. The topological polar surface area (TPSA) is 107 Å². The number of sulfonamides is 1. The van der Waals surface area contributed by atoms with Gasteiger partial charge in [0.2, 0.25) is 10.0 Å². The second-order valence-electron chi connectivity index (χ2n) is 7.79. The number of hydrogen-bond donors (Lipinski definition) is 0. The van der Waals surface area contributed by atoms with Crippen molar-refractivity contribution >= 4 is 55.1 Å². The van der Waals surface area contributed by atoms with Gasteiger partial charge in [-0.25, -0.2) is 8.42 Å². The molecular formula is C23H24ClN3O6S2. The van der Waals surface area contributed by atoms with Crippen LogP contribution < -0.4 is 9.54 Å². The van der Waals surface area contributed by atoms with Gasteiger partial charge in [0.25, 0.3) is 5.91 Å². The van der Waals surface area contributed by atoms with Crippen LogP contribution in [0.4, 0.5) is 0 Å². The van der Waals surface area contributed by atoms with Crippen molar-refractivity contribution in [3.63, 3.8) is 0 Å². The van der Waals surface area contributed by atoms with E-state index in [1.807, 2.05) is 0 Å². The summed E-state index contributed by atoms with van der Waals surface area (Å²) in [6.07, 6.45) is 0.886. The van der Waals surface area contributed by atoms with Crippen molar-refractivity contribution in [2.24, 2.45) is 4.99 Å². The Morgan fingerprint density at radius 3 is 2.63 bits per heavy atom. The highest BCUT2D eigenvalue weighted by atomic mass is 35.5. The molecule has 1 fully saturated rings. The third-order valence-electron chi connectivity index (χ3n) is 5.60. The summed E-state index contributed by atoms with van der Waals surface area (Å²) in [7, 11) is -2.36. The maximum Gasteiger partial charge on any atom is 0.326 e. The molecule has 1 aliphatic heterocycles. The number of ether oxygens (including phenoxy) is 2. The van der Waals surface area contributed by atoms with E-state index >= 15 is 0 Å². The summed E-state index contributed by atoms with van der Waals surface area (Å²) < 4.78 is 40.4. The van der Waals surface area contributed by atoms with Crippen LogP contribution >= 0.6 is 22.9 Å². The van der Waals surface area contributed by atoms with Gasteiger partial charge in [-0.3, -0.25) is 9.59 Å². The van der Waals surface area contributed by atoms with Crippen molar-refractivity contribution in [1.82, 2.24) is 8.87 Å². The second-order valence-corrected chi connectivity index (χ2v) is 11.1. The van der Waals surface area contributed by atoms with Crippen molar-refractivity contribution in [3.8, 4) is 5.75 Å². The largest absolute Gasteiger partial charge is 0.497 e. The molecule has 1 aliphatic rings. The van der Waals surface area contributed by atoms with Gasteiger partial charge in [-0.2, -0.15) is 9.30 Å². The van der Waals surface area contributed by atoms with Gasteiger partial charge >= 0.3 is 5.97 Å². The molecule has 1 atom stereocenters. The van der Waals surface area contributed by atoms with E-state index < -0.39 is 27.9 Å². The molecule has 0 aliphatic carbocycles. The summed E-state index contributed by atoms with van der Waals surface area (Å²) >= 11 is 7.11. The fourth-order valence-electron chi connectivity index (χ4n) is 3.94. The quantitative estimate of drug-likeness (QED) is 0.428. The van der Waals surface area contributed by atoms with Crippen LogP contribution in [0.25, 0.3) is 10.2 Å². The number of carbonyl (C=O) groups is 2. The van der Waals surface area contributed by atoms with Gasteiger partial charge in [-0.1, -0.05) is 22.9 Å². The molecule has 0 bridgehead atoms. The van der Waals surface area contributed by atoms with Gasteiger partial charge in [-0.05, 0) is 62.2 Å². The average molecular weight is 538 g/mol. The van der Waals surface area contributed by atoms with E-state index in [0.29, 0.717) is 29.1 Å². The molecule has 1 saturated heterocycles. The van der Waals surface area contributed by atoms with Gasteiger partial charge in [0.1, 0.15) is 18.3 Å². The standard InChI is InChI=1S/C23H24ClN3O6S2/c1-3-33-21(28)14-26-18-11-8-16(32-2)13-20(18)34-23(26)25-22(29)19-5-4-12-27(19)35(30,31)17-9-6-15(24)7-10-17/h6-11,13,19H,3-5,12,14H2,1-2H3. The first kappa shape index (κ1) is 25.4. The van der Waals surface area contributed by atoms with Gasteiger partial charge in [0.05, 0.1) is 28.8 Å². The predicted octanol–water partition coefficient (Wildman–Crippen LogP) is 3.21. The third-order valence-corrected chi connectivity index (χ3v) is 8.81. The Labute approximate surface area is 211 Å².